The van der Waals surface area contributed by atoms with Crippen LogP contribution in [0.3, 0.4) is 0 Å². The van der Waals surface area contributed by atoms with Crippen molar-refractivity contribution in [3.05, 3.63) is 29.3 Å². The molecule has 2 saturated heterocycles. The van der Waals surface area contributed by atoms with Gasteiger partial charge in [-0.1, -0.05) is 13.8 Å². The Morgan fingerprint density at radius 1 is 1.21 bits per heavy atom. The molecule has 2 fully saturated rings. The first-order valence-corrected chi connectivity index (χ1v) is 11.2. The van der Waals surface area contributed by atoms with Crippen LogP contribution >= 0.6 is 11.8 Å². The van der Waals surface area contributed by atoms with Gasteiger partial charge in [0.25, 0.3) is 0 Å². The van der Waals surface area contributed by atoms with E-state index < -0.39 is 11.7 Å². The van der Waals surface area contributed by atoms with Gasteiger partial charge < -0.3 is 9.80 Å². The van der Waals surface area contributed by atoms with Gasteiger partial charge in [0.1, 0.15) is 0 Å². The molecule has 3 nitrogen and oxygen atoms in total. The Balaban J connectivity index is 1.71. The quantitative estimate of drug-likeness (QED) is 0.698. The van der Waals surface area contributed by atoms with E-state index in [2.05, 4.69) is 18.7 Å². The van der Waals surface area contributed by atoms with Crippen LogP contribution in [0.2, 0.25) is 0 Å². The fourth-order valence-electron chi connectivity index (χ4n) is 3.87. The van der Waals surface area contributed by atoms with Gasteiger partial charge in [0.15, 0.2) is 0 Å². The lowest BCUT2D eigenvalue weighted by Gasteiger charge is -2.38. The summed E-state index contributed by atoms with van der Waals surface area (Å²) < 4.78 is 39.5. The summed E-state index contributed by atoms with van der Waals surface area (Å²) in [6, 6.07) is 4.11. The number of aryl methyl sites for hydroxylation is 1. The normalized spacial score (nSPS) is 20.9. The van der Waals surface area contributed by atoms with Gasteiger partial charge in [-0.05, 0) is 54.7 Å². The minimum Gasteiger partial charge on any atom is -0.368 e. The third-order valence-electron chi connectivity index (χ3n) is 5.61. The van der Waals surface area contributed by atoms with Crippen molar-refractivity contribution in [2.45, 2.75) is 39.3 Å². The summed E-state index contributed by atoms with van der Waals surface area (Å²) in [6.07, 6.45) is -1.88. The van der Waals surface area contributed by atoms with Crippen molar-refractivity contribution in [3.8, 4) is 0 Å². The maximum absolute atomic E-state index is 13.2. The molecule has 1 aromatic carbocycles. The molecule has 0 aromatic heterocycles. The van der Waals surface area contributed by atoms with Crippen LogP contribution in [-0.2, 0) is 17.4 Å². The molecule has 1 amide bonds. The fourth-order valence-corrected chi connectivity index (χ4v) is 5.08. The topological polar surface area (TPSA) is 23.6 Å². The Morgan fingerprint density at radius 3 is 2.50 bits per heavy atom. The van der Waals surface area contributed by atoms with Crippen LogP contribution in [0.25, 0.3) is 0 Å². The van der Waals surface area contributed by atoms with Gasteiger partial charge in [0.2, 0.25) is 5.91 Å². The molecule has 0 bridgehead atoms. The zero-order chi connectivity index (χ0) is 20.3. The van der Waals surface area contributed by atoms with E-state index in [0.717, 1.165) is 35.6 Å². The molecule has 0 spiro atoms. The maximum atomic E-state index is 13.2. The SMILES string of the molecule is CC(C)CCc1cc(C(F)(F)F)ccc1N1CCN(C(=O)C2CCSC2)CC1. The van der Waals surface area contributed by atoms with Crippen molar-refractivity contribution >= 4 is 23.4 Å². The van der Waals surface area contributed by atoms with Crippen LogP contribution in [0.5, 0.6) is 0 Å². The van der Waals surface area contributed by atoms with Crippen LogP contribution in [0.15, 0.2) is 18.2 Å². The monoisotopic (exact) mass is 414 g/mol. The summed E-state index contributed by atoms with van der Waals surface area (Å²) >= 11 is 1.84. The summed E-state index contributed by atoms with van der Waals surface area (Å²) in [5.74, 6) is 2.79. The third kappa shape index (κ3) is 5.16. The number of alkyl halides is 3. The number of halogens is 3. The van der Waals surface area contributed by atoms with E-state index in [1.54, 1.807) is 6.07 Å². The van der Waals surface area contributed by atoms with Gasteiger partial charge in [-0.15, -0.1) is 0 Å². The van der Waals surface area contributed by atoms with E-state index >= 15 is 0 Å². The summed E-state index contributed by atoms with van der Waals surface area (Å²) in [6.45, 7) is 6.80. The number of benzene rings is 1. The molecule has 0 N–H and O–H groups in total. The first-order valence-electron chi connectivity index (χ1n) is 10.1. The van der Waals surface area contributed by atoms with Crippen LogP contribution in [0.1, 0.15) is 37.8 Å². The average Bonchev–Trinajstić information content (AvgIpc) is 3.20. The summed E-state index contributed by atoms with van der Waals surface area (Å²) in [5, 5.41) is 0. The first-order chi connectivity index (χ1) is 13.3. The lowest BCUT2D eigenvalue weighted by molar-refractivity contribution is -0.137. The van der Waals surface area contributed by atoms with Crippen molar-refractivity contribution in [3.63, 3.8) is 0 Å². The number of piperazine rings is 1. The second-order valence-corrected chi connectivity index (χ2v) is 9.30. The largest absolute Gasteiger partial charge is 0.416 e. The number of nitrogens with zero attached hydrogens (tertiary/aromatic N) is 2. The van der Waals surface area contributed by atoms with Crippen molar-refractivity contribution < 1.29 is 18.0 Å². The van der Waals surface area contributed by atoms with Crippen molar-refractivity contribution in [2.75, 3.05) is 42.6 Å². The third-order valence-corrected chi connectivity index (χ3v) is 6.77. The first kappa shape index (κ1) is 21.3. The predicted molar refractivity (Wildman–Crippen MR) is 109 cm³/mol. The van der Waals surface area contributed by atoms with Gasteiger partial charge in [-0.2, -0.15) is 24.9 Å². The Labute approximate surface area is 169 Å². The molecule has 1 aromatic rings. The van der Waals surface area contributed by atoms with E-state index in [-0.39, 0.29) is 11.8 Å². The molecule has 2 aliphatic heterocycles. The molecule has 2 aliphatic rings. The predicted octanol–water partition coefficient (Wildman–Crippen LogP) is 4.70. The zero-order valence-corrected chi connectivity index (χ0v) is 17.4. The van der Waals surface area contributed by atoms with Gasteiger partial charge in [0, 0.05) is 43.5 Å². The number of hydrogen-bond acceptors (Lipinski definition) is 3. The number of carbonyl (C=O) groups excluding carboxylic acids is 1. The molecule has 0 saturated carbocycles. The molecule has 1 atom stereocenters. The Bertz CT molecular complexity index is 679. The van der Waals surface area contributed by atoms with E-state index in [0.29, 0.717) is 38.5 Å². The highest BCUT2D eigenvalue weighted by atomic mass is 32.2. The second-order valence-electron chi connectivity index (χ2n) is 8.15. The molecule has 7 heteroatoms. The number of rotatable bonds is 5. The van der Waals surface area contributed by atoms with Crippen LogP contribution in [0, 0.1) is 11.8 Å². The molecular weight excluding hydrogens is 385 g/mol. The number of carbonyl (C=O) groups is 1. The van der Waals surface area contributed by atoms with Crippen LogP contribution < -0.4 is 4.90 Å². The maximum Gasteiger partial charge on any atom is 0.416 e. The average molecular weight is 415 g/mol. The Hall–Kier alpha value is -1.37. The van der Waals surface area contributed by atoms with E-state index in [1.165, 1.54) is 12.1 Å². The molecule has 3 rings (SSSR count). The highest BCUT2D eigenvalue weighted by molar-refractivity contribution is 7.99. The van der Waals surface area contributed by atoms with Gasteiger partial charge in [-0.3, -0.25) is 4.79 Å². The van der Waals surface area contributed by atoms with E-state index in [4.69, 9.17) is 0 Å². The Kier molecular flexibility index (Phi) is 6.84. The molecule has 2 heterocycles. The van der Waals surface area contributed by atoms with Gasteiger partial charge in [-0.25, -0.2) is 0 Å². The van der Waals surface area contributed by atoms with Crippen LogP contribution in [0.4, 0.5) is 18.9 Å². The van der Waals surface area contributed by atoms with Crippen molar-refractivity contribution in [1.29, 1.82) is 0 Å². The summed E-state index contributed by atoms with van der Waals surface area (Å²) in [4.78, 5) is 16.7. The summed E-state index contributed by atoms with van der Waals surface area (Å²) in [5.41, 5.74) is 1.07. The molecule has 156 valence electrons. The minimum absolute atomic E-state index is 0.143. The number of thioether (sulfide) groups is 1. The smallest absolute Gasteiger partial charge is 0.368 e. The highest BCUT2D eigenvalue weighted by Crippen LogP contribution is 2.34. The molecular formula is C21H29F3N2OS. The van der Waals surface area contributed by atoms with E-state index in [1.807, 2.05) is 16.7 Å². The fraction of sp³-hybridized carbons (Fsp3) is 0.667. The second kappa shape index (κ2) is 8.97. The zero-order valence-electron chi connectivity index (χ0n) is 16.6. The number of amides is 1. The Morgan fingerprint density at radius 2 is 1.93 bits per heavy atom. The van der Waals surface area contributed by atoms with Crippen molar-refractivity contribution in [1.82, 2.24) is 4.90 Å². The lowest BCUT2D eigenvalue weighted by Crippen LogP contribution is -2.50. The highest BCUT2D eigenvalue weighted by Gasteiger charge is 2.33. The molecule has 0 radical (unpaired) electrons. The standard InChI is InChI=1S/C21H29F3N2OS/c1-15(2)3-4-16-13-18(21(22,23)24)5-6-19(16)25-8-10-26(11-9-25)20(27)17-7-12-28-14-17/h5-6,13,15,17H,3-4,7-12,14H2,1-2H3. The summed E-state index contributed by atoms with van der Waals surface area (Å²) in [7, 11) is 0. The van der Waals surface area contributed by atoms with Crippen molar-refractivity contribution in [2.24, 2.45) is 11.8 Å². The molecule has 1 unspecified atom stereocenters. The minimum atomic E-state index is -4.32. The number of hydrogen-bond donors (Lipinski definition) is 0. The van der Waals surface area contributed by atoms with Crippen LogP contribution in [-0.4, -0.2) is 48.5 Å². The van der Waals surface area contributed by atoms with Gasteiger partial charge >= 0.3 is 6.18 Å². The molecule has 28 heavy (non-hydrogen) atoms. The number of anilines is 1. The lowest BCUT2D eigenvalue weighted by atomic mass is 9.98. The van der Waals surface area contributed by atoms with Gasteiger partial charge in [0.05, 0.1) is 5.56 Å². The van der Waals surface area contributed by atoms with E-state index in [9.17, 15) is 18.0 Å². The molecule has 0 aliphatic carbocycles.